The van der Waals surface area contributed by atoms with Crippen LogP contribution in [0.5, 0.6) is 0 Å². The van der Waals surface area contributed by atoms with E-state index >= 15 is 0 Å². The fourth-order valence-corrected chi connectivity index (χ4v) is 7.99. The number of hydrogen-bond acceptors (Lipinski definition) is 6. The molecule has 0 aromatic heterocycles. The van der Waals surface area contributed by atoms with Crippen LogP contribution in [0.15, 0.2) is 0 Å². The molecule has 6 nitrogen and oxygen atoms in total. The monoisotopic (exact) mass is 835 g/mol. The zero-order chi connectivity index (χ0) is 43.3. The summed E-state index contributed by atoms with van der Waals surface area (Å²) in [6.07, 6.45) is 46.7. The molecule has 0 aliphatic heterocycles. The number of rotatable bonds is 47. The quantitative estimate of drug-likeness (QED) is 0.0345. The summed E-state index contributed by atoms with van der Waals surface area (Å²) in [4.78, 5) is 37.9. The molecule has 0 N–H and O–H groups in total. The zero-order valence-corrected chi connectivity index (χ0v) is 40.4. The van der Waals surface area contributed by atoms with Gasteiger partial charge in [0, 0.05) is 19.3 Å². The molecular weight excluding hydrogens is 733 g/mol. The Balaban J connectivity index is 4.28. The van der Waals surface area contributed by atoms with Crippen molar-refractivity contribution >= 4 is 17.9 Å². The molecule has 6 heteroatoms. The van der Waals surface area contributed by atoms with E-state index < -0.39 is 6.10 Å². The molecule has 0 unspecified atom stereocenters. The molecule has 0 bridgehead atoms. The van der Waals surface area contributed by atoms with E-state index in [-0.39, 0.29) is 31.1 Å². The summed E-state index contributed by atoms with van der Waals surface area (Å²) in [5, 5.41) is 0. The largest absolute Gasteiger partial charge is 0.462 e. The lowest BCUT2D eigenvalue weighted by Gasteiger charge is -2.18. The molecule has 0 spiro atoms. The van der Waals surface area contributed by atoms with Crippen LogP contribution in [0.2, 0.25) is 0 Å². The van der Waals surface area contributed by atoms with Crippen molar-refractivity contribution < 1.29 is 28.6 Å². The maximum Gasteiger partial charge on any atom is 0.306 e. The van der Waals surface area contributed by atoms with Crippen molar-refractivity contribution in [2.75, 3.05) is 13.2 Å². The van der Waals surface area contributed by atoms with E-state index in [9.17, 15) is 14.4 Å². The van der Waals surface area contributed by atoms with E-state index in [1.165, 1.54) is 180 Å². The van der Waals surface area contributed by atoms with Crippen LogP contribution in [0.3, 0.4) is 0 Å². The standard InChI is InChI=1S/C53H102O6/c1-6-7-8-9-10-11-12-13-14-15-16-17-18-19-22-30-35-40-45-53(56)59-50(47-58-52(55)44-39-34-29-25-24-27-32-37-42-49(4)5)46-57-51(54)43-38-33-28-23-20-21-26-31-36-41-48(2)3/h48-50H,6-47H2,1-5H3/t50-/m0/s1. The highest BCUT2D eigenvalue weighted by Gasteiger charge is 2.19. The summed E-state index contributed by atoms with van der Waals surface area (Å²) in [5.41, 5.74) is 0. The molecule has 0 amide bonds. The van der Waals surface area contributed by atoms with Crippen LogP contribution in [0.25, 0.3) is 0 Å². The van der Waals surface area contributed by atoms with Gasteiger partial charge in [0.2, 0.25) is 0 Å². The minimum absolute atomic E-state index is 0.0645. The van der Waals surface area contributed by atoms with Crippen molar-refractivity contribution in [1.29, 1.82) is 0 Å². The summed E-state index contributed by atoms with van der Waals surface area (Å²) in [6, 6.07) is 0. The Bertz CT molecular complexity index is 900. The van der Waals surface area contributed by atoms with Crippen LogP contribution in [-0.4, -0.2) is 37.2 Å². The van der Waals surface area contributed by atoms with Crippen LogP contribution >= 0.6 is 0 Å². The van der Waals surface area contributed by atoms with Crippen LogP contribution in [0, 0.1) is 11.8 Å². The third-order valence-corrected chi connectivity index (χ3v) is 12.0. The minimum Gasteiger partial charge on any atom is -0.462 e. The molecule has 0 heterocycles. The Morgan fingerprint density at radius 1 is 0.322 bits per heavy atom. The molecule has 0 rings (SSSR count). The second kappa shape index (κ2) is 45.9. The predicted molar refractivity (Wildman–Crippen MR) is 252 cm³/mol. The molecule has 0 saturated heterocycles. The lowest BCUT2D eigenvalue weighted by Crippen LogP contribution is -2.30. The van der Waals surface area contributed by atoms with Crippen molar-refractivity contribution in [3.63, 3.8) is 0 Å². The Labute approximate surface area is 368 Å². The fraction of sp³-hybridized carbons (Fsp3) is 0.943. The van der Waals surface area contributed by atoms with Crippen molar-refractivity contribution in [2.24, 2.45) is 11.8 Å². The average molecular weight is 835 g/mol. The Hall–Kier alpha value is -1.59. The van der Waals surface area contributed by atoms with E-state index in [0.717, 1.165) is 69.6 Å². The van der Waals surface area contributed by atoms with Gasteiger partial charge >= 0.3 is 17.9 Å². The topological polar surface area (TPSA) is 78.9 Å². The Morgan fingerprint density at radius 2 is 0.559 bits per heavy atom. The van der Waals surface area contributed by atoms with E-state index in [1.807, 2.05) is 0 Å². The Kier molecular flexibility index (Phi) is 44.7. The van der Waals surface area contributed by atoms with Gasteiger partial charge in [0.15, 0.2) is 6.10 Å². The van der Waals surface area contributed by atoms with E-state index in [4.69, 9.17) is 14.2 Å². The summed E-state index contributed by atoms with van der Waals surface area (Å²) in [5.74, 6) is 0.754. The molecule has 350 valence electrons. The second-order valence-corrected chi connectivity index (χ2v) is 19.1. The van der Waals surface area contributed by atoms with E-state index in [0.29, 0.717) is 19.3 Å². The smallest absolute Gasteiger partial charge is 0.306 e. The number of carbonyl (C=O) groups is 3. The third-order valence-electron chi connectivity index (χ3n) is 12.0. The molecular formula is C53H102O6. The van der Waals surface area contributed by atoms with Gasteiger partial charge in [-0.15, -0.1) is 0 Å². The predicted octanol–water partition coefficient (Wildman–Crippen LogP) is 16.9. The second-order valence-electron chi connectivity index (χ2n) is 19.1. The van der Waals surface area contributed by atoms with Crippen molar-refractivity contribution in [3.05, 3.63) is 0 Å². The highest BCUT2D eigenvalue weighted by molar-refractivity contribution is 5.71. The number of hydrogen-bond donors (Lipinski definition) is 0. The zero-order valence-electron chi connectivity index (χ0n) is 40.4. The van der Waals surface area contributed by atoms with Gasteiger partial charge in [0.1, 0.15) is 13.2 Å². The van der Waals surface area contributed by atoms with E-state index in [2.05, 4.69) is 34.6 Å². The van der Waals surface area contributed by atoms with Crippen molar-refractivity contribution in [1.82, 2.24) is 0 Å². The number of carbonyl (C=O) groups excluding carboxylic acids is 3. The van der Waals surface area contributed by atoms with Crippen LogP contribution < -0.4 is 0 Å². The maximum atomic E-state index is 12.8. The summed E-state index contributed by atoms with van der Waals surface area (Å²) >= 11 is 0. The molecule has 0 aliphatic carbocycles. The van der Waals surface area contributed by atoms with Gasteiger partial charge in [0.05, 0.1) is 0 Å². The first kappa shape index (κ1) is 57.4. The normalized spacial score (nSPS) is 12.1. The number of unbranched alkanes of at least 4 members (excludes halogenated alkanes) is 32. The molecule has 0 aromatic carbocycles. The summed E-state index contributed by atoms with van der Waals surface area (Å²) < 4.78 is 16.8. The highest BCUT2D eigenvalue weighted by Crippen LogP contribution is 2.17. The highest BCUT2D eigenvalue weighted by atomic mass is 16.6. The molecule has 0 aliphatic rings. The lowest BCUT2D eigenvalue weighted by molar-refractivity contribution is -0.167. The summed E-state index contributed by atoms with van der Waals surface area (Å²) in [6.45, 7) is 11.3. The SMILES string of the molecule is CCCCCCCCCCCCCCCCCCCCC(=O)O[C@@H](COC(=O)CCCCCCCCCCCC(C)C)COC(=O)CCCCCCCCCCC(C)C. The fourth-order valence-electron chi connectivity index (χ4n) is 7.99. The van der Waals surface area contributed by atoms with E-state index in [1.54, 1.807) is 0 Å². The van der Waals surface area contributed by atoms with Gasteiger partial charge in [-0.05, 0) is 31.1 Å². The van der Waals surface area contributed by atoms with Gasteiger partial charge in [-0.3, -0.25) is 14.4 Å². The molecule has 1 atom stereocenters. The maximum absolute atomic E-state index is 12.8. The average Bonchev–Trinajstić information content (AvgIpc) is 3.20. The number of esters is 3. The van der Waals surface area contributed by atoms with Crippen LogP contribution in [0.1, 0.15) is 291 Å². The van der Waals surface area contributed by atoms with Gasteiger partial charge in [0.25, 0.3) is 0 Å². The first-order valence-electron chi connectivity index (χ1n) is 26.2. The number of ether oxygens (including phenoxy) is 3. The lowest BCUT2D eigenvalue weighted by atomic mass is 10.0. The Morgan fingerprint density at radius 3 is 0.831 bits per heavy atom. The first-order chi connectivity index (χ1) is 28.7. The van der Waals surface area contributed by atoms with Crippen molar-refractivity contribution in [2.45, 2.75) is 298 Å². The van der Waals surface area contributed by atoms with Crippen LogP contribution in [-0.2, 0) is 28.6 Å². The molecule has 59 heavy (non-hydrogen) atoms. The summed E-state index contributed by atoms with van der Waals surface area (Å²) in [7, 11) is 0. The van der Waals surface area contributed by atoms with Gasteiger partial charge in [-0.25, -0.2) is 0 Å². The first-order valence-corrected chi connectivity index (χ1v) is 26.2. The van der Waals surface area contributed by atoms with Gasteiger partial charge in [-0.1, -0.05) is 253 Å². The molecule has 0 aromatic rings. The van der Waals surface area contributed by atoms with Gasteiger partial charge < -0.3 is 14.2 Å². The minimum atomic E-state index is -0.762. The van der Waals surface area contributed by atoms with Crippen molar-refractivity contribution in [3.8, 4) is 0 Å². The van der Waals surface area contributed by atoms with Gasteiger partial charge in [-0.2, -0.15) is 0 Å². The third kappa shape index (κ3) is 47.3. The molecule has 0 saturated carbocycles. The van der Waals surface area contributed by atoms with Crippen LogP contribution in [0.4, 0.5) is 0 Å². The molecule has 0 radical (unpaired) electrons. The molecule has 0 fully saturated rings.